The van der Waals surface area contributed by atoms with Crippen LogP contribution in [0.2, 0.25) is 0 Å². The third-order valence-electron chi connectivity index (χ3n) is 4.06. The molecule has 2 fully saturated rings. The molecule has 2 aliphatic carbocycles. The van der Waals surface area contributed by atoms with Gasteiger partial charge in [0.1, 0.15) is 0 Å². The highest BCUT2D eigenvalue weighted by molar-refractivity contribution is 5.77. The molecule has 3 nitrogen and oxygen atoms in total. The first-order chi connectivity index (χ1) is 7.29. The van der Waals surface area contributed by atoms with E-state index in [1.165, 1.54) is 32.1 Å². The summed E-state index contributed by atoms with van der Waals surface area (Å²) < 4.78 is 0. The summed E-state index contributed by atoms with van der Waals surface area (Å²) >= 11 is 0. The number of likely N-dealkylation sites (N-methyl/N-ethyl adjacent to an activating group) is 1. The van der Waals surface area contributed by atoms with E-state index in [4.69, 9.17) is 0 Å². The quantitative estimate of drug-likeness (QED) is 0.714. The van der Waals surface area contributed by atoms with Gasteiger partial charge in [0, 0.05) is 6.54 Å². The summed E-state index contributed by atoms with van der Waals surface area (Å²) in [6.45, 7) is 1.31. The number of carbonyl (C=O) groups is 1. The first-order valence-corrected chi connectivity index (χ1v) is 6.21. The topological polar surface area (TPSA) is 41.1 Å². The fourth-order valence-corrected chi connectivity index (χ4v) is 3.35. The molecule has 3 unspecified atom stereocenters. The van der Waals surface area contributed by atoms with Crippen molar-refractivity contribution in [2.75, 3.05) is 20.1 Å². The molecule has 1 amide bonds. The van der Waals surface area contributed by atoms with Gasteiger partial charge in [-0.1, -0.05) is 6.42 Å². The van der Waals surface area contributed by atoms with Crippen molar-refractivity contribution in [1.82, 2.24) is 10.6 Å². The molecule has 2 rings (SSSR count). The molecule has 0 aromatic rings. The van der Waals surface area contributed by atoms with Gasteiger partial charge in [0.15, 0.2) is 0 Å². The van der Waals surface area contributed by atoms with Crippen molar-refractivity contribution in [2.24, 2.45) is 17.8 Å². The van der Waals surface area contributed by atoms with E-state index in [0.29, 0.717) is 6.54 Å². The van der Waals surface area contributed by atoms with Crippen LogP contribution < -0.4 is 10.6 Å². The Hall–Kier alpha value is -0.570. The van der Waals surface area contributed by atoms with E-state index in [1.54, 1.807) is 7.05 Å². The average Bonchev–Trinajstić information content (AvgIpc) is 2.79. The third kappa shape index (κ3) is 2.71. The number of fused-ring (bicyclic) bond motifs is 2. The summed E-state index contributed by atoms with van der Waals surface area (Å²) in [7, 11) is 1.80. The molecular weight excluding hydrogens is 188 g/mol. The van der Waals surface area contributed by atoms with Crippen LogP contribution >= 0.6 is 0 Å². The molecule has 2 bridgehead atoms. The Morgan fingerprint density at radius 3 is 2.80 bits per heavy atom. The molecule has 0 aliphatic heterocycles. The lowest BCUT2D eigenvalue weighted by Gasteiger charge is -2.21. The van der Waals surface area contributed by atoms with Gasteiger partial charge in [0.2, 0.25) is 5.91 Å². The third-order valence-corrected chi connectivity index (χ3v) is 4.06. The highest BCUT2D eigenvalue weighted by Gasteiger charge is 2.38. The lowest BCUT2D eigenvalue weighted by atomic mass is 9.86. The Labute approximate surface area is 92.0 Å². The first kappa shape index (κ1) is 10.9. The zero-order valence-corrected chi connectivity index (χ0v) is 9.59. The van der Waals surface area contributed by atoms with E-state index in [1.807, 2.05) is 0 Å². The minimum absolute atomic E-state index is 0.126. The van der Waals surface area contributed by atoms with Gasteiger partial charge in [-0.15, -0.1) is 0 Å². The number of hydrogen-bond acceptors (Lipinski definition) is 2. The molecule has 15 heavy (non-hydrogen) atoms. The molecule has 2 aliphatic rings. The second kappa shape index (κ2) is 4.97. The Bertz CT molecular complexity index is 230. The predicted octanol–water partition coefficient (Wildman–Crippen LogP) is 1.15. The number of amides is 1. The number of carbonyl (C=O) groups excluding carboxylic acids is 1. The SMILES string of the molecule is CNCC(=O)NCCC1CC2CCC1C2. The van der Waals surface area contributed by atoms with Gasteiger partial charge in [0.25, 0.3) is 0 Å². The van der Waals surface area contributed by atoms with Crippen LogP contribution in [-0.2, 0) is 4.79 Å². The Kier molecular flexibility index (Phi) is 3.62. The molecular formula is C12H22N2O. The van der Waals surface area contributed by atoms with Gasteiger partial charge in [-0.25, -0.2) is 0 Å². The molecule has 0 aromatic heterocycles. The summed E-state index contributed by atoms with van der Waals surface area (Å²) in [6, 6.07) is 0. The minimum atomic E-state index is 0.126. The normalized spacial score (nSPS) is 33.3. The second-order valence-corrected chi connectivity index (χ2v) is 5.10. The Morgan fingerprint density at radius 1 is 1.33 bits per heavy atom. The summed E-state index contributed by atoms with van der Waals surface area (Å²) in [6.07, 6.45) is 6.99. The van der Waals surface area contributed by atoms with Gasteiger partial charge in [-0.2, -0.15) is 0 Å². The Balaban J connectivity index is 1.60. The average molecular weight is 210 g/mol. The van der Waals surface area contributed by atoms with Crippen molar-refractivity contribution < 1.29 is 4.79 Å². The van der Waals surface area contributed by atoms with Crippen LogP contribution in [0.4, 0.5) is 0 Å². The maximum atomic E-state index is 11.2. The maximum absolute atomic E-state index is 11.2. The van der Waals surface area contributed by atoms with Gasteiger partial charge < -0.3 is 10.6 Å². The highest BCUT2D eigenvalue weighted by atomic mass is 16.1. The molecule has 86 valence electrons. The van der Waals surface area contributed by atoms with Crippen LogP contribution in [0.5, 0.6) is 0 Å². The fraction of sp³-hybridized carbons (Fsp3) is 0.917. The van der Waals surface area contributed by atoms with E-state index in [9.17, 15) is 4.79 Å². The van der Waals surface area contributed by atoms with Crippen LogP contribution in [0.15, 0.2) is 0 Å². The Morgan fingerprint density at radius 2 is 2.20 bits per heavy atom. The molecule has 0 spiro atoms. The van der Waals surface area contributed by atoms with Gasteiger partial charge in [0.05, 0.1) is 6.54 Å². The molecule has 2 N–H and O–H groups in total. The number of rotatable bonds is 5. The summed E-state index contributed by atoms with van der Waals surface area (Å²) in [5, 5.41) is 5.83. The first-order valence-electron chi connectivity index (χ1n) is 6.21. The molecule has 0 heterocycles. The van der Waals surface area contributed by atoms with Crippen molar-refractivity contribution in [3.63, 3.8) is 0 Å². The molecule has 0 aromatic carbocycles. The van der Waals surface area contributed by atoms with E-state index in [2.05, 4.69) is 10.6 Å². The van der Waals surface area contributed by atoms with Gasteiger partial charge in [-0.05, 0) is 50.5 Å². The van der Waals surface area contributed by atoms with Crippen LogP contribution in [0.1, 0.15) is 32.1 Å². The molecule has 3 heteroatoms. The van der Waals surface area contributed by atoms with Gasteiger partial charge in [-0.3, -0.25) is 4.79 Å². The fourth-order valence-electron chi connectivity index (χ4n) is 3.35. The van der Waals surface area contributed by atoms with Crippen LogP contribution in [0.25, 0.3) is 0 Å². The van der Waals surface area contributed by atoms with Crippen molar-refractivity contribution in [2.45, 2.75) is 32.1 Å². The minimum Gasteiger partial charge on any atom is -0.355 e. The van der Waals surface area contributed by atoms with Crippen molar-refractivity contribution in [1.29, 1.82) is 0 Å². The lowest BCUT2D eigenvalue weighted by molar-refractivity contribution is -0.120. The zero-order chi connectivity index (χ0) is 10.7. The summed E-state index contributed by atoms with van der Waals surface area (Å²) in [4.78, 5) is 11.2. The smallest absolute Gasteiger partial charge is 0.233 e. The summed E-state index contributed by atoms with van der Waals surface area (Å²) in [5.74, 6) is 3.03. The largest absolute Gasteiger partial charge is 0.355 e. The zero-order valence-electron chi connectivity index (χ0n) is 9.59. The van der Waals surface area contributed by atoms with E-state index in [-0.39, 0.29) is 5.91 Å². The van der Waals surface area contributed by atoms with Crippen molar-refractivity contribution in [3.8, 4) is 0 Å². The predicted molar refractivity (Wildman–Crippen MR) is 60.5 cm³/mol. The van der Waals surface area contributed by atoms with Crippen molar-refractivity contribution >= 4 is 5.91 Å². The monoisotopic (exact) mass is 210 g/mol. The van der Waals surface area contributed by atoms with Crippen molar-refractivity contribution in [3.05, 3.63) is 0 Å². The molecule has 3 atom stereocenters. The number of hydrogen-bond donors (Lipinski definition) is 2. The van der Waals surface area contributed by atoms with E-state index in [0.717, 1.165) is 24.3 Å². The van der Waals surface area contributed by atoms with Crippen LogP contribution in [0, 0.1) is 17.8 Å². The molecule has 0 radical (unpaired) electrons. The summed E-state index contributed by atoms with van der Waals surface area (Å²) in [5.41, 5.74) is 0. The highest BCUT2D eigenvalue weighted by Crippen LogP contribution is 2.49. The molecule has 2 saturated carbocycles. The van der Waals surface area contributed by atoms with Crippen LogP contribution in [0.3, 0.4) is 0 Å². The second-order valence-electron chi connectivity index (χ2n) is 5.10. The maximum Gasteiger partial charge on any atom is 0.233 e. The standard InChI is InChI=1S/C12H22N2O/c1-13-8-12(15)14-5-4-11-7-9-2-3-10(11)6-9/h9-11,13H,2-8H2,1H3,(H,14,15). The van der Waals surface area contributed by atoms with E-state index >= 15 is 0 Å². The van der Waals surface area contributed by atoms with Gasteiger partial charge >= 0.3 is 0 Å². The van der Waals surface area contributed by atoms with E-state index < -0.39 is 0 Å². The van der Waals surface area contributed by atoms with Crippen LogP contribution in [-0.4, -0.2) is 26.0 Å². The number of nitrogens with one attached hydrogen (secondary N) is 2. The molecule has 0 saturated heterocycles. The lowest BCUT2D eigenvalue weighted by Crippen LogP contribution is -2.33.